The molecule has 0 bridgehead atoms. The number of aliphatic hydroxyl groups is 1. The van der Waals surface area contributed by atoms with Gasteiger partial charge in [0.2, 0.25) is 0 Å². The van der Waals surface area contributed by atoms with Crippen molar-refractivity contribution in [3.05, 3.63) is 114 Å². The van der Waals surface area contributed by atoms with Crippen molar-refractivity contribution >= 4 is 17.6 Å². The summed E-state index contributed by atoms with van der Waals surface area (Å²) in [7, 11) is 1.80. The van der Waals surface area contributed by atoms with E-state index in [9.17, 15) is 14.7 Å². The van der Waals surface area contributed by atoms with Gasteiger partial charge in [0.15, 0.2) is 0 Å². The molecule has 1 aliphatic carbocycles. The summed E-state index contributed by atoms with van der Waals surface area (Å²) in [4.78, 5) is 35.6. The highest BCUT2D eigenvalue weighted by Crippen LogP contribution is 2.38. The number of aromatic nitrogens is 2. The van der Waals surface area contributed by atoms with E-state index >= 15 is 0 Å². The van der Waals surface area contributed by atoms with E-state index < -0.39 is 0 Å². The summed E-state index contributed by atoms with van der Waals surface area (Å²) in [5.41, 5.74) is 5.46. The summed E-state index contributed by atoms with van der Waals surface area (Å²) in [6.45, 7) is 1.14. The van der Waals surface area contributed by atoms with Crippen molar-refractivity contribution in [3.8, 4) is 23.0 Å². The molecule has 2 aromatic carbocycles. The monoisotopic (exact) mass is 587 g/mol. The van der Waals surface area contributed by atoms with Crippen molar-refractivity contribution in [2.45, 2.75) is 32.1 Å². The lowest BCUT2D eigenvalue weighted by Crippen LogP contribution is -2.39. The molecule has 2 heterocycles. The highest BCUT2D eigenvalue weighted by atomic mass is 16.3. The fourth-order valence-corrected chi connectivity index (χ4v) is 5.67. The SMILES string of the molecule is CN(CC1(CO)CCCC1)C(=O)c1ccc(C#Cc2cc(NC(=O)NCCc3cccnc3)ccc2-c2ccncc2)cc1. The van der Waals surface area contributed by atoms with Gasteiger partial charge in [0, 0.05) is 72.7 Å². The summed E-state index contributed by atoms with van der Waals surface area (Å²) in [5, 5.41) is 15.7. The first kappa shape index (κ1) is 30.5. The molecule has 3 amide bonds. The molecule has 0 radical (unpaired) electrons. The van der Waals surface area contributed by atoms with Crippen molar-refractivity contribution in [1.82, 2.24) is 20.2 Å². The van der Waals surface area contributed by atoms with Crippen LogP contribution in [0, 0.1) is 17.3 Å². The largest absolute Gasteiger partial charge is 0.396 e. The Hall–Kier alpha value is -5.00. The number of amides is 3. The van der Waals surface area contributed by atoms with Crippen molar-refractivity contribution in [1.29, 1.82) is 0 Å². The van der Waals surface area contributed by atoms with Gasteiger partial charge < -0.3 is 20.6 Å². The standard InChI is InChI=1S/C36H37N5O3/c1-41(25-36(26-42)17-2-3-18-36)34(43)30-9-6-27(7-10-30)8-11-31-23-32(12-13-33(31)29-15-20-37-21-16-29)40-35(44)39-22-14-28-5-4-19-38-24-28/h4-7,9-10,12-13,15-16,19-21,23-24,42H,2-3,14,17-18,22,25-26H2,1H3,(H2,39,40,44). The molecule has 2 aromatic heterocycles. The number of nitrogens with zero attached hydrogens (tertiary/aromatic N) is 3. The van der Waals surface area contributed by atoms with Crippen LogP contribution in [0.3, 0.4) is 0 Å². The van der Waals surface area contributed by atoms with E-state index in [-0.39, 0.29) is 24.0 Å². The molecule has 8 nitrogen and oxygen atoms in total. The number of hydrogen-bond donors (Lipinski definition) is 3. The van der Waals surface area contributed by atoms with Crippen LogP contribution >= 0.6 is 0 Å². The summed E-state index contributed by atoms with van der Waals surface area (Å²) in [6.07, 6.45) is 11.7. The lowest BCUT2D eigenvalue weighted by Gasteiger charge is -2.31. The number of carbonyl (C=O) groups is 2. The minimum Gasteiger partial charge on any atom is -0.396 e. The average molecular weight is 588 g/mol. The first-order valence-corrected chi connectivity index (χ1v) is 14.9. The molecule has 0 saturated heterocycles. The molecule has 3 N–H and O–H groups in total. The van der Waals surface area contributed by atoms with Crippen LogP contribution in [0.1, 0.15) is 52.7 Å². The second-order valence-corrected chi connectivity index (χ2v) is 11.3. The Balaban J connectivity index is 1.28. The molecule has 0 spiro atoms. The maximum Gasteiger partial charge on any atom is 0.319 e. The van der Waals surface area contributed by atoms with Crippen LogP contribution in [0.4, 0.5) is 10.5 Å². The molecule has 4 aromatic rings. The fraction of sp³-hybridized carbons (Fsp3) is 0.278. The van der Waals surface area contributed by atoms with Gasteiger partial charge in [-0.05, 0) is 90.6 Å². The molecule has 5 rings (SSSR count). The summed E-state index contributed by atoms with van der Waals surface area (Å²) in [6, 6.07) is 20.3. The minimum absolute atomic E-state index is 0.0679. The average Bonchev–Trinajstić information content (AvgIpc) is 3.53. The lowest BCUT2D eigenvalue weighted by atomic mass is 9.86. The zero-order chi connectivity index (χ0) is 30.8. The van der Waals surface area contributed by atoms with E-state index in [1.54, 1.807) is 48.9 Å². The number of aliphatic hydroxyl groups excluding tert-OH is 1. The molecule has 1 saturated carbocycles. The van der Waals surface area contributed by atoms with Gasteiger partial charge in [0.1, 0.15) is 0 Å². The van der Waals surface area contributed by atoms with Crippen LogP contribution in [-0.4, -0.2) is 58.7 Å². The number of anilines is 1. The van der Waals surface area contributed by atoms with Gasteiger partial charge >= 0.3 is 6.03 Å². The maximum absolute atomic E-state index is 13.1. The molecule has 0 unspecified atom stereocenters. The normalized spacial score (nSPS) is 13.4. The Morgan fingerprint density at radius 2 is 1.73 bits per heavy atom. The van der Waals surface area contributed by atoms with E-state index in [1.165, 1.54) is 0 Å². The topological polar surface area (TPSA) is 107 Å². The Morgan fingerprint density at radius 3 is 2.43 bits per heavy atom. The van der Waals surface area contributed by atoms with Gasteiger partial charge in [0.05, 0.1) is 6.61 Å². The van der Waals surface area contributed by atoms with Gasteiger partial charge in [0.25, 0.3) is 5.91 Å². The summed E-state index contributed by atoms with van der Waals surface area (Å²) >= 11 is 0. The number of pyridine rings is 2. The molecular weight excluding hydrogens is 550 g/mol. The van der Waals surface area contributed by atoms with Crippen LogP contribution in [0.5, 0.6) is 0 Å². The minimum atomic E-state index is -0.299. The molecular formula is C36H37N5O3. The molecule has 0 aliphatic heterocycles. The third-order valence-electron chi connectivity index (χ3n) is 8.08. The van der Waals surface area contributed by atoms with E-state index in [1.807, 2.05) is 54.6 Å². The van der Waals surface area contributed by atoms with Crippen molar-refractivity contribution in [2.24, 2.45) is 5.41 Å². The Kier molecular flexibility index (Phi) is 10.0. The zero-order valence-electron chi connectivity index (χ0n) is 24.9. The van der Waals surface area contributed by atoms with Crippen LogP contribution in [0.25, 0.3) is 11.1 Å². The van der Waals surface area contributed by atoms with Crippen molar-refractivity contribution in [3.63, 3.8) is 0 Å². The quantitative estimate of drug-likeness (QED) is 0.223. The molecule has 224 valence electrons. The number of rotatable bonds is 9. The van der Waals surface area contributed by atoms with Crippen LogP contribution in [0.15, 0.2) is 91.5 Å². The lowest BCUT2D eigenvalue weighted by molar-refractivity contribution is 0.0595. The highest BCUT2D eigenvalue weighted by Gasteiger charge is 2.35. The molecule has 44 heavy (non-hydrogen) atoms. The second kappa shape index (κ2) is 14.5. The number of urea groups is 1. The Morgan fingerprint density at radius 1 is 0.955 bits per heavy atom. The maximum atomic E-state index is 13.1. The number of nitrogens with one attached hydrogen (secondary N) is 2. The molecule has 1 aliphatic rings. The number of benzene rings is 2. The van der Waals surface area contributed by atoms with Crippen LogP contribution in [0.2, 0.25) is 0 Å². The second-order valence-electron chi connectivity index (χ2n) is 11.3. The predicted octanol–water partition coefficient (Wildman–Crippen LogP) is 5.53. The van der Waals surface area contributed by atoms with E-state index in [0.717, 1.165) is 53.5 Å². The van der Waals surface area contributed by atoms with Gasteiger partial charge in [-0.2, -0.15) is 0 Å². The highest BCUT2D eigenvalue weighted by molar-refractivity contribution is 5.94. The summed E-state index contributed by atoms with van der Waals surface area (Å²) < 4.78 is 0. The predicted molar refractivity (Wildman–Crippen MR) is 172 cm³/mol. The number of hydrogen-bond acceptors (Lipinski definition) is 5. The Labute approximate surface area is 258 Å². The van der Waals surface area contributed by atoms with Gasteiger partial charge in [-0.3, -0.25) is 14.8 Å². The first-order valence-electron chi connectivity index (χ1n) is 14.9. The zero-order valence-corrected chi connectivity index (χ0v) is 24.9. The third kappa shape index (κ3) is 7.88. The smallest absolute Gasteiger partial charge is 0.319 e. The van der Waals surface area contributed by atoms with Gasteiger partial charge in [-0.1, -0.05) is 36.8 Å². The third-order valence-corrected chi connectivity index (χ3v) is 8.08. The van der Waals surface area contributed by atoms with E-state index in [2.05, 4.69) is 32.4 Å². The summed E-state index contributed by atoms with van der Waals surface area (Å²) in [5.74, 6) is 6.41. The fourth-order valence-electron chi connectivity index (χ4n) is 5.67. The van der Waals surface area contributed by atoms with Gasteiger partial charge in [-0.15, -0.1) is 0 Å². The molecule has 1 fully saturated rings. The first-order chi connectivity index (χ1) is 21.4. The van der Waals surface area contributed by atoms with Crippen molar-refractivity contribution < 1.29 is 14.7 Å². The van der Waals surface area contributed by atoms with E-state index in [0.29, 0.717) is 30.8 Å². The number of carbonyl (C=O) groups excluding carboxylic acids is 2. The van der Waals surface area contributed by atoms with Crippen molar-refractivity contribution in [2.75, 3.05) is 32.1 Å². The van der Waals surface area contributed by atoms with E-state index in [4.69, 9.17) is 0 Å². The molecule has 0 atom stereocenters. The Bertz CT molecular complexity index is 1620. The van der Waals surface area contributed by atoms with Crippen LogP contribution < -0.4 is 10.6 Å². The van der Waals surface area contributed by atoms with Gasteiger partial charge in [-0.25, -0.2) is 4.79 Å². The van der Waals surface area contributed by atoms with Crippen LogP contribution in [-0.2, 0) is 6.42 Å². The molecule has 8 heteroatoms.